The van der Waals surface area contributed by atoms with Gasteiger partial charge in [0.2, 0.25) is 0 Å². The highest BCUT2D eigenvalue weighted by atomic mass is 16.1. The number of hydrogen-bond acceptors (Lipinski definition) is 3. The molecule has 0 spiro atoms. The number of aromatic nitrogens is 2. The van der Waals surface area contributed by atoms with Crippen molar-refractivity contribution in [1.29, 1.82) is 0 Å². The smallest absolute Gasteiger partial charge is 0.195 e. The minimum absolute atomic E-state index is 0.0146. The zero-order valence-electron chi connectivity index (χ0n) is 11.4. The summed E-state index contributed by atoms with van der Waals surface area (Å²) in [5.41, 5.74) is 4.96. The standard InChI is InChI=1S/C17H14N2O/c1-11-6-7-13(10-12(11)2)17(20)14-4-3-5-15-16(14)19-9-8-18-15/h3-10H,1-2H3. The predicted molar refractivity (Wildman–Crippen MR) is 78.9 cm³/mol. The lowest BCUT2D eigenvalue weighted by Crippen LogP contribution is -2.04. The maximum Gasteiger partial charge on any atom is 0.195 e. The van der Waals surface area contributed by atoms with Gasteiger partial charge in [0.1, 0.15) is 0 Å². The van der Waals surface area contributed by atoms with Gasteiger partial charge < -0.3 is 0 Å². The molecule has 20 heavy (non-hydrogen) atoms. The van der Waals surface area contributed by atoms with Gasteiger partial charge in [-0.3, -0.25) is 14.8 Å². The molecule has 0 aliphatic heterocycles. The Morgan fingerprint density at radius 3 is 2.55 bits per heavy atom. The van der Waals surface area contributed by atoms with Crippen molar-refractivity contribution >= 4 is 16.8 Å². The molecule has 0 saturated carbocycles. The van der Waals surface area contributed by atoms with Crippen LogP contribution in [0.1, 0.15) is 27.0 Å². The summed E-state index contributed by atoms with van der Waals surface area (Å²) in [6.45, 7) is 4.04. The molecule has 3 heteroatoms. The number of carbonyl (C=O) groups is 1. The van der Waals surface area contributed by atoms with Gasteiger partial charge in [0.15, 0.2) is 5.78 Å². The highest BCUT2D eigenvalue weighted by Gasteiger charge is 2.14. The van der Waals surface area contributed by atoms with E-state index < -0.39 is 0 Å². The van der Waals surface area contributed by atoms with Crippen molar-refractivity contribution < 1.29 is 4.79 Å². The minimum Gasteiger partial charge on any atom is -0.289 e. The van der Waals surface area contributed by atoms with Crippen molar-refractivity contribution in [2.75, 3.05) is 0 Å². The van der Waals surface area contributed by atoms with Crippen LogP contribution in [0.2, 0.25) is 0 Å². The first-order chi connectivity index (χ1) is 9.66. The Hall–Kier alpha value is -2.55. The number of para-hydroxylation sites is 1. The Labute approximate surface area is 117 Å². The van der Waals surface area contributed by atoms with Crippen molar-refractivity contribution in [2.24, 2.45) is 0 Å². The molecule has 0 fully saturated rings. The Kier molecular flexibility index (Phi) is 3.03. The second-order valence-corrected chi connectivity index (χ2v) is 4.86. The molecule has 0 bridgehead atoms. The second-order valence-electron chi connectivity index (χ2n) is 4.86. The fourth-order valence-corrected chi connectivity index (χ4v) is 2.21. The minimum atomic E-state index is -0.0146. The molecule has 0 N–H and O–H groups in total. The number of benzene rings is 2. The van der Waals surface area contributed by atoms with Crippen molar-refractivity contribution in [3.05, 3.63) is 71.0 Å². The van der Waals surface area contributed by atoms with Gasteiger partial charge in [-0.15, -0.1) is 0 Å². The molecule has 0 saturated heterocycles. The van der Waals surface area contributed by atoms with Gasteiger partial charge in [-0.1, -0.05) is 18.2 Å². The molecule has 1 heterocycles. The topological polar surface area (TPSA) is 42.9 Å². The van der Waals surface area contributed by atoms with Crippen LogP contribution in [0.25, 0.3) is 11.0 Å². The fourth-order valence-electron chi connectivity index (χ4n) is 2.21. The first-order valence-electron chi connectivity index (χ1n) is 6.48. The molecule has 98 valence electrons. The van der Waals surface area contributed by atoms with Crippen LogP contribution in [-0.2, 0) is 0 Å². The summed E-state index contributed by atoms with van der Waals surface area (Å²) in [7, 11) is 0. The molecule has 3 rings (SSSR count). The monoisotopic (exact) mass is 262 g/mol. The van der Waals surface area contributed by atoms with Gasteiger partial charge in [-0.25, -0.2) is 0 Å². The summed E-state index contributed by atoms with van der Waals surface area (Å²) in [6.07, 6.45) is 3.24. The maximum absolute atomic E-state index is 12.7. The highest BCUT2D eigenvalue weighted by Crippen LogP contribution is 2.19. The first kappa shape index (κ1) is 12.5. The quantitative estimate of drug-likeness (QED) is 0.664. The summed E-state index contributed by atoms with van der Waals surface area (Å²) >= 11 is 0. The zero-order chi connectivity index (χ0) is 14.1. The largest absolute Gasteiger partial charge is 0.289 e. The average Bonchev–Trinajstić information content (AvgIpc) is 2.49. The number of fused-ring (bicyclic) bond motifs is 1. The number of rotatable bonds is 2. The summed E-state index contributed by atoms with van der Waals surface area (Å²) in [6, 6.07) is 11.3. The molecule has 0 atom stereocenters. The van der Waals surface area contributed by atoms with Gasteiger partial charge in [0.25, 0.3) is 0 Å². The number of ketones is 1. The molecule has 1 aromatic heterocycles. The molecule has 0 aliphatic rings. The maximum atomic E-state index is 12.7. The summed E-state index contributed by atoms with van der Waals surface area (Å²) in [5, 5.41) is 0. The summed E-state index contributed by atoms with van der Waals surface area (Å²) in [5.74, 6) is -0.0146. The molecular formula is C17H14N2O. The number of carbonyl (C=O) groups excluding carboxylic acids is 1. The van der Waals surface area contributed by atoms with E-state index >= 15 is 0 Å². The van der Waals surface area contributed by atoms with E-state index in [9.17, 15) is 4.79 Å². The van der Waals surface area contributed by atoms with Crippen LogP contribution in [0.5, 0.6) is 0 Å². The molecule has 0 aliphatic carbocycles. The average molecular weight is 262 g/mol. The predicted octanol–water partition coefficient (Wildman–Crippen LogP) is 3.48. The van der Waals surface area contributed by atoms with Gasteiger partial charge in [-0.2, -0.15) is 0 Å². The second kappa shape index (κ2) is 4.85. The van der Waals surface area contributed by atoms with E-state index in [-0.39, 0.29) is 5.78 Å². The number of aryl methyl sites for hydroxylation is 2. The van der Waals surface area contributed by atoms with Crippen LogP contribution in [0.4, 0.5) is 0 Å². The third kappa shape index (κ3) is 2.07. The molecule has 3 aromatic rings. The Bertz CT molecular complexity index is 804. The van der Waals surface area contributed by atoms with Crippen molar-refractivity contribution in [2.45, 2.75) is 13.8 Å². The lowest BCUT2D eigenvalue weighted by atomic mass is 9.98. The Balaban J connectivity index is 2.15. The van der Waals surface area contributed by atoms with Gasteiger partial charge in [0.05, 0.1) is 16.6 Å². The number of nitrogens with zero attached hydrogens (tertiary/aromatic N) is 2. The third-order valence-electron chi connectivity index (χ3n) is 3.51. The SMILES string of the molecule is Cc1ccc(C(=O)c2cccc3nccnc23)cc1C. The van der Waals surface area contributed by atoms with Crippen molar-refractivity contribution in [3.8, 4) is 0 Å². The molecule has 2 aromatic carbocycles. The van der Waals surface area contributed by atoms with E-state index in [0.29, 0.717) is 16.6 Å². The van der Waals surface area contributed by atoms with E-state index in [4.69, 9.17) is 0 Å². The molecule has 0 unspecified atom stereocenters. The normalized spacial score (nSPS) is 10.7. The fraction of sp³-hybridized carbons (Fsp3) is 0.118. The van der Waals surface area contributed by atoms with E-state index in [1.165, 1.54) is 5.56 Å². The third-order valence-corrected chi connectivity index (χ3v) is 3.51. The van der Waals surface area contributed by atoms with Gasteiger partial charge >= 0.3 is 0 Å². The summed E-state index contributed by atoms with van der Waals surface area (Å²) < 4.78 is 0. The zero-order valence-corrected chi connectivity index (χ0v) is 11.4. The van der Waals surface area contributed by atoms with E-state index in [1.807, 2.05) is 44.2 Å². The lowest BCUT2D eigenvalue weighted by Gasteiger charge is -2.06. The Morgan fingerprint density at radius 2 is 1.75 bits per heavy atom. The molecule has 0 radical (unpaired) electrons. The van der Waals surface area contributed by atoms with E-state index in [0.717, 1.165) is 11.1 Å². The first-order valence-corrected chi connectivity index (χ1v) is 6.48. The van der Waals surface area contributed by atoms with Gasteiger partial charge in [-0.05, 0) is 43.2 Å². The molecular weight excluding hydrogens is 248 g/mol. The summed E-state index contributed by atoms with van der Waals surface area (Å²) in [4.78, 5) is 21.2. The van der Waals surface area contributed by atoms with Crippen LogP contribution in [-0.4, -0.2) is 15.8 Å². The lowest BCUT2D eigenvalue weighted by molar-refractivity contribution is 0.104. The van der Waals surface area contributed by atoms with Crippen LogP contribution in [0.15, 0.2) is 48.8 Å². The van der Waals surface area contributed by atoms with Crippen molar-refractivity contribution in [3.63, 3.8) is 0 Å². The van der Waals surface area contributed by atoms with Crippen molar-refractivity contribution in [1.82, 2.24) is 9.97 Å². The van der Waals surface area contributed by atoms with Crippen LogP contribution in [0, 0.1) is 13.8 Å². The van der Waals surface area contributed by atoms with Crippen LogP contribution < -0.4 is 0 Å². The van der Waals surface area contributed by atoms with Gasteiger partial charge in [0, 0.05) is 18.0 Å². The van der Waals surface area contributed by atoms with E-state index in [1.54, 1.807) is 18.5 Å². The number of hydrogen-bond donors (Lipinski definition) is 0. The highest BCUT2D eigenvalue weighted by molar-refractivity contribution is 6.15. The molecule has 3 nitrogen and oxygen atoms in total. The van der Waals surface area contributed by atoms with Crippen LogP contribution in [0.3, 0.4) is 0 Å². The molecule has 0 amide bonds. The Morgan fingerprint density at radius 1 is 0.950 bits per heavy atom. The van der Waals surface area contributed by atoms with Crippen LogP contribution >= 0.6 is 0 Å². The van der Waals surface area contributed by atoms with E-state index in [2.05, 4.69) is 9.97 Å².